The van der Waals surface area contributed by atoms with Gasteiger partial charge in [-0.05, 0) is 6.42 Å². The summed E-state index contributed by atoms with van der Waals surface area (Å²) in [4.78, 5) is 14.6. The number of amides is 1. The van der Waals surface area contributed by atoms with Crippen molar-refractivity contribution in [2.75, 3.05) is 20.2 Å². The van der Waals surface area contributed by atoms with Crippen LogP contribution in [0.25, 0.3) is 0 Å². The van der Waals surface area contributed by atoms with Crippen molar-refractivity contribution >= 4 is 5.91 Å². The summed E-state index contributed by atoms with van der Waals surface area (Å²) in [5.74, 6) is -1.91. The molecule has 0 aliphatic heterocycles. The highest BCUT2D eigenvalue weighted by Crippen LogP contribution is 2.13. The number of nitrogens with one attached hydrogen (secondary N) is 2. The Kier molecular flexibility index (Phi) is 5.40. The van der Waals surface area contributed by atoms with Crippen molar-refractivity contribution < 1.29 is 22.8 Å². The molecule has 0 aromatic rings. The minimum Gasteiger partial charge on any atom is -0.348 e. The Bertz CT molecular complexity index is 160. The second-order valence-corrected chi connectivity index (χ2v) is 2.21. The molecular weight excluding hydrogens is 189 g/mol. The Morgan fingerprint density at radius 3 is 2.46 bits per heavy atom. The maximum atomic E-state index is 11.6. The van der Waals surface area contributed by atoms with Gasteiger partial charge in [0.15, 0.2) is 0 Å². The van der Waals surface area contributed by atoms with Crippen LogP contribution >= 0.6 is 0 Å². The second-order valence-electron chi connectivity index (χ2n) is 2.21. The topological polar surface area (TPSA) is 50.4 Å². The lowest BCUT2D eigenvalue weighted by molar-refractivity contribution is -0.173. The van der Waals surface area contributed by atoms with E-state index in [1.807, 2.05) is 0 Å². The Hall–Kier alpha value is -0.820. The van der Waals surface area contributed by atoms with Crippen LogP contribution in [0.3, 0.4) is 0 Å². The summed E-state index contributed by atoms with van der Waals surface area (Å²) in [6.07, 6.45) is -4.43. The molecule has 1 amide bonds. The van der Waals surface area contributed by atoms with E-state index in [2.05, 4.69) is 10.3 Å². The largest absolute Gasteiger partial charge is 0.471 e. The first kappa shape index (κ1) is 12.2. The normalized spacial score (nSPS) is 11.4. The fraction of sp³-hybridized carbons (Fsp3) is 0.833. The number of hydroxylamine groups is 1. The molecule has 0 rings (SSSR count). The number of hydrogen-bond donors (Lipinski definition) is 2. The van der Waals surface area contributed by atoms with Gasteiger partial charge in [0.25, 0.3) is 0 Å². The molecule has 0 aromatic heterocycles. The number of halogens is 3. The average molecular weight is 200 g/mol. The summed E-state index contributed by atoms with van der Waals surface area (Å²) >= 11 is 0. The molecule has 0 bridgehead atoms. The Balaban J connectivity index is 3.38. The highest BCUT2D eigenvalue weighted by molar-refractivity contribution is 5.81. The molecule has 0 aliphatic rings. The van der Waals surface area contributed by atoms with Crippen LogP contribution in [0.15, 0.2) is 0 Å². The van der Waals surface area contributed by atoms with Gasteiger partial charge < -0.3 is 10.2 Å². The minimum atomic E-state index is -4.80. The van der Waals surface area contributed by atoms with E-state index in [0.717, 1.165) is 0 Å². The van der Waals surface area contributed by atoms with Gasteiger partial charge in [-0.1, -0.05) is 0 Å². The lowest BCUT2D eigenvalue weighted by Gasteiger charge is -2.07. The molecule has 0 spiro atoms. The van der Waals surface area contributed by atoms with Crippen molar-refractivity contribution in [2.45, 2.75) is 12.6 Å². The molecule has 0 fully saturated rings. The van der Waals surface area contributed by atoms with Crippen LogP contribution in [0.5, 0.6) is 0 Å². The fourth-order valence-electron chi connectivity index (χ4n) is 0.565. The van der Waals surface area contributed by atoms with E-state index in [4.69, 9.17) is 0 Å². The van der Waals surface area contributed by atoms with Gasteiger partial charge in [-0.2, -0.15) is 13.2 Å². The van der Waals surface area contributed by atoms with E-state index >= 15 is 0 Å². The smallest absolute Gasteiger partial charge is 0.348 e. The zero-order valence-electron chi connectivity index (χ0n) is 7.07. The molecule has 2 N–H and O–H groups in total. The summed E-state index contributed by atoms with van der Waals surface area (Å²) in [6.45, 7) is 0.351. The molecule has 0 saturated heterocycles. The van der Waals surface area contributed by atoms with Crippen LogP contribution in [0.2, 0.25) is 0 Å². The Morgan fingerprint density at radius 1 is 1.38 bits per heavy atom. The molecule has 13 heavy (non-hydrogen) atoms. The Labute approximate surface area is 73.4 Å². The van der Waals surface area contributed by atoms with Gasteiger partial charge in [0.1, 0.15) is 0 Å². The first-order valence-corrected chi connectivity index (χ1v) is 3.59. The number of carbonyl (C=O) groups is 1. The van der Waals surface area contributed by atoms with E-state index < -0.39 is 12.1 Å². The van der Waals surface area contributed by atoms with Gasteiger partial charge in [-0.25, -0.2) is 5.48 Å². The summed E-state index contributed by atoms with van der Waals surface area (Å²) in [6, 6.07) is 0. The van der Waals surface area contributed by atoms with Crippen molar-refractivity contribution in [3.63, 3.8) is 0 Å². The summed E-state index contributed by atoms with van der Waals surface area (Å²) in [5.41, 5.74) is 2.43. The molecule has 4 nitrogen and oxygen atoms in total. The van der Waals surface area contributed by atoms with Crippen molar-refractivity contribution in [3.05, 3.63) is 0 Å². The monoisotopic (exact) mass is 200 g/mol. The van der Waals surface area contributed by atoms with E-state index in [1.54, 1.807) is 5.32 Å². The maximum Gasteiger partial charge on any atom is 0.471 e. The van der Waals surface area contributed by atoms with Crippen molar-refractivity contribution in [1.82, 2.24) is 10.8 Å². The zero-order chi connectivity index (χ0) is 10.3. The standard InChI is InChI=1S/C6H11F3N2O2/c1-13-11-4-2-3-10-5(12)6(7,8)9/h11H,2-4H2,1H3,(H,10,12). The van der Waals surface area contributed by atoms with E-state index in [-0.39, 0.29) is 6.54 Å². The predicted octanol–water partition coefficient (Wildman–Crippen LogP) is 0.206. The van der Waals surface area contributed by atoms with Crippen molar-refractivity contribution in [2.24, 2.45) is 0 Å². The molecule has 0 saturated carbocycles. The first-order valence-electron chi connectivity index (χ1n) is 3.59. The van der Waals surface area contributed by atoms with Crippen LogP contribution in [-0.2, 0) is 9.63 Å². The molecule has 7 heteroatoms. The highest BCUT2D eigenvalue weighted by Gasteiger charge is 2.38. The van der Waals surface area contributed by atoms with Gasteiger partial charge in [-0.3, -0.25) is 4.79 Å². The van der Waals surface area contributed by atoms with Crippen LogP contribution in [0.1, 0.15) is 6.42 Å². The molecule has 0 aromatic carbocycles. The molecular formula is C6H11F3N2O2. The third kappa shape index (κ3) is 6.35. The van der Waals surface area contributed by atoms with E-state index in [9.17, 15) is 18.0 Å². The third-order valence-corrected chi connectivity index (χ3v) is 1.14. The lowest BCUT2D eigenvalue weighted by atomic mass is 10.4. The summed E-state index contributed by atoms with van der Waals surface area (Å²) in [7, 11) is 1.40. The average Bonchev–Trinajstić information content (AvgIpc) is 2.02. The maximum absolute atomic E-state index is 11.6. The van der Waals surface area contributed by atoms with Gasteiger partial charge in [-0.15, -0.1) is 0 Å². The predicted molar refractivity (Wildman–Crippen MR) is 38.7 cm³/mol. The Morgan fingerprint density at radius 2 is 2.00 bits per heavy atom. The third-order valence-electron chi connectivity index (χ3n) is 1.14. The zero-order valence-corrected chi connectivity index (χ0v) is 7.07. The van der Waals surface area contributed by atoms with Gasteiger partial charge in [0.05, 0.1) is 7.11 Å². The van der Waals surface area contributed by atoms with Crippen LogP contribution in [-0.4, -0.2) is 32.3 Å². The highest BCUT2D eigenvalue weighted by atomic mass is 19.4. The first-order chi connectivity index (χ1) is 5.98. The fourth-order valence-corrected chi connectivity index (χ4v) is 0.565. The molecule has 0 atom stereocenters. The van der Waals surface area contributed by atoms with Crippen molar-refractivity contribution in [1.29, 1.82) is 0 Å². The van der Waals surface area contributed by atoms with Crippen LogP contribution < -0.4 is 10.8 Å². The second kappa shape index (κ2) is 5.76. The molecule has 0 heterocycles. The van der Waals surface area contributed by atoms with Gasteiger partial charge in [0, 0.05) is 13.1 Å². The molecule has 0 aliphatic carbocycles. The minimum absolute atomic E-state index is 0.0330. The molecule has 78 valence electrons. The van der Waals surface area contributed by atoms with Gasteiger partial charge in [0.2, 0.25) is 0 Å². The van der Waals surface area contributed by atoms with Gasteiger partial charge >= 0.3 is 12.1 Å². The SMILES string of the molecule is CONCCCNC(=O)C(F)(F)F. The lowest BCUT2D eigenvalue weighted by Crippen LogP contribution is -2.37. The number of carbonyl (C=O) groups excluding carboxylic acids is 1. The summed E-state index contributed by atoms with van der Waals surface area (Å²) in [5, 5.41) is 1.72. The summed E-state index contributed by atoms with van der Waals surface area (Å²) < 4.78 is 34.7. The van der Waals surface area contributed by atoms with E-state index in [1.165, 1.54) is 7.11 Å². The van der Waals surface area contributed by atoms with E-state index in [0.29, 0.717) is 13.0 Å². The quantitative estimate of drug-likeness (QED) is 0.492. The molecule has 0 unspecified atom stereocenters. The van der Waals surface area contributed by atoms with Crippen molar-refractivity contribution in [3.8, 4) is 0 Å². The molecule has 0 radical (unpaired) electrons. The van der Waals surface area contributed by atoms with Crippen LogP contribution in [0.4, 0.5) is 13.2 Å². The number of hydrogen-bond acceptors (Lipinski definition) is 3. The van der Waals surface area contributed by atoms with Crippen LogP contribution in [0, 0.1) is 0 Å². The number of alkyl halides is 3. The number of rotatable bonds is 5.